The number of pyridine rings is 1. The maximum atomic E-state index is 13.0. The number of aromatic nitrogens is 1. The van der Waals surface area contributed by atoms with Crippen LogP contribution in [0, 0.1) is 6.92 Å². The van der Waals surface area contributed by atoms with Crippen LogP contribution in [-0.4, -0.2) is 30.4 Å². The number of nitrogens with one attached hydrogen (secondary N) is 2. The maximum Gasteiger partial charge on any atom is 0.450 e. The number of carbonyl (C=O) groups excluding carboxylic acids is 2. The zero-order valence-electron chi connectivity index (χ0n) is 17.2. The average molecular weight is 447 g/mol. The third-order valence-corrected chi connectivity index (χ3v) is 4.38. The first-order valence-corrected chi connectivity index (χ1v) is 9.58. The van der Waals surface area contributed by atoms with Gasteiger partial charge in [0.25, 0.3) is 11.8 Å². The average Bonchev–Trinajstić information content (AvgIpc) is 3.16. The third kappa shape index (κ3) is 5.65. The topological polar surface area (TPSA) is 93.5 Å². The quantitative estimate of drug-likeness (QED) is 0.568. The number of halogens is 3. The maximum absolute atomic E-state index is 13.0. The van der Waals surface area contributed by atoms with Gasteiger partial charge in [-0.05, 0) is 43.2 Å². The van der Waals surface area contributed by atoms with Crippen LogP contribution in [-0.2, 0) is 12.6 Å². The van der Waals surface area contributed by atoms with E-state index in [1.54, 1.807) is 30.3 Å². The molecule has 2 N–H and O–H groups in total. The predicted octanol–water partition coefficient (Wildman–Crippen LogP) is 4.13. The highest BCUT2D eigenvalue weighted by Gasteiger charge is 2.39. The van der Waals surface area contributed by atoms with Crippen molar-refractivity contribution in [1.82, 2.24) is 15.6 Å². The van der Waals surface area contributed by atoms with Gasteiger partial charge >= 0.3 is 6.18 Å². The number of amides is 2. The van der Waals surface area contributed by atoms with Gasteiger partial charge in [0.1, 0.15) is 23.0 Å². The molecule has 2 aromatic heterocycles. The number of alkyl halides is 3. The molecule has 1 aromatic carbocycles. The molecule has 32 heavy (non-hydrogen) atoms. The summed E-state index contributed by atoms with van der Waals surface area (Å²) >= 11 is 0. The highest BCUT2D eigenvalue weighted by Crippen LogP contribution is 2.34. The number of carbonyl (C=O) groups is 2. The molecule has 3 rings (SSSR count). The van der Waals surface area contributed by atoms with E-state index in [0.29, 0.717) is 17.9 Å². The summed E-state index contributed by atoms with van der Waals surface area (Å²) in [7, 11) is 1.50. The lowest BCUT2D eigenvalue weighted by Gasteiger charge is -2.10. The summed E-state index contributed by atoms with van der Waals surface area (Å²) in [6.45, 7) is 1.46. The minimum absolute atomic E-state index is 0.00279. The van der Waals surface area contributed by atoms with E-state index in [2.05, 4.69) is 20.0 Å². The number of hydrogen-bond donors (Lipinski definition) is 2. The van der Waals surface area contributed by atoms with Crippen molar-refractivity contribution in [3.05, 3.63) is 77.0 Å². The van der Waals surface area contributed by atoms with Crippen molar-refractivity contribution in [3.63, 3.8) is 0 Å². The van der Waals surface area contributed by atoms with Crippen LogP contribution in [0.1, 0.15) is 37.9 Å². The lowest BCUT2D eigenvalue weighted by atomic mass is 10.1. The van der Waals surface area contributed by atoms with Crippen LogP contribution in [0.4, 0.5) is 13.2 Å². The molecule has 3 aromatic rings. The summed E-state index contributed by atoms with van der Waals surface area (Å²) in [5.41, 5.74) is 0.455. The van der Waals surface area contributed by atoms with Gasteiger partial charge < -0.3 is 19.8 Å². The second kappa shape index (κ2) is 9.54. The Balaban J connectivity index is 1.62. The van der Waals surface area contributed by atoms with Crippen molar-refractivity contribution in [3.8, 4) is 11.5 Å². The van der Waals surface area contributed by atoms with E-state index in [1.807, 2.05) is 0 Å². The molecule has 0 bridgehead atoms. The SMILES string of the molecule is CNC(=O)c1cc(Oc2cccc(CCNC(=O)c3cc(C)oc3C(F)(F)F)c2)ccn1. The molecule has 0 spiro atoms. The molecule has 10 heteroatoms. The number of furan rings is 1. The van der Waals surface area contributed by atoms with Crippen LogP contribution in [0.5, 0.6) is 11.5 Å². The van der Waals surface area contributed by atoms with Gasteiger partial charge in [-0.1, -0.05) is 12.1 Å². The van der Waals surface area contributed by atoms with E-state index in [1.165, 1.54) is 26.2 Å². The van der Waals surface area contributed by atoms with Crippen molar-refractivity contribution < 1.29 is 31.9 Å². The molecule has 168 valence electrons. The van der Waals surface area contributed by atoms with Crippen LogP contribution < -0.4 is 15.4 Å². The fourth-order valence-electron chi connectivity index (χ4n) is 2.94. The van der Waals surface area contributed by atoms with Crippen molar-refractivity contribution in [1.29, 1.82) is 0 Å². The first kappa shape index (κ1) is 22.9. The Kier molecular flexibility index (Phi) is 6.82. The second-order valence-corrected chi connectivity index (χ2v) is 6.81. The van der Waals surface area contributed by atoms with Gasteiger partial charge in [-0.3, -0.25) is 14.6 Å². The summed E-state index contributed by atoms with van der Waals surface area (Å²) in [5, 5.41) is 4.96. The Morgan fingerprint density at radius 1 is 1.09 bits per heavy atom. The Labute approximate surface area is 181 Å². The van der Waals surface area contributed by atoms with Gasteiger partial charge in [-0.15, -0.1) is 0 Å². The summed E-state index contributed by atoms with van der Waals surface area (Å²) in [6, 6.07) is 11.1. The smallest absolute Gasteiger partial charge is 0.450 e. The summed E-state index contributed by atoms with van der Waals surface area (Å²) in [5.74, 6) is -1.60. The standard InChI is InChI=1S/C22H20F3N3O4/c1-13-10-17(19(31-13)22(23,24)25)20(29)28-8-6-14-4-3-5-15(11-14)32-16-7-9-27-18(12-16)21(30)26-2/h3-5,7,9-12H,6,8H2,1-2H3,(H,26,30)(H,28,29). The molecule has 0 aliphatic heterocycles. The normalized spacial score (nSPS) is 11.2. The number of ether oxygens (including phenoxy) is 1. The third-order valence-electron chi connectivity index (χ3n) is 4.38. The van der Waals surface area contributed by atoms with Gasteiger partial charge in [-0.2, -0.15) is 13.2 Å². The van der Waals surface area contributed by atoms with Gasteiger partial charge in [0.05, 0.1) is 5.56 Å². The largest absolute Gasteiger partial charge is 0.457 e. The number of benzene rings is 1. The zero-order chi connectivity index (χ0) is 23.3. The van der Waals surface area contributed by atoms with E-state index in [0.717, 1.165) is 11.6 Å². The zero-order valence-corrected chi connectivity index (χ0v) is 17.2. The van der Waals surface area contributed by atoms with Gasteiger partial charge in [0.15, 0.2) is 0 Å². The molecule has 0 fully saturated rings. The first-order chi connectivity index (χ1) is 15.2. The fourth-order valence-corrected chi connectivity index (χ4v) is 2.94. The van der Waals surface area contributed by atoms with E-state index < -0.39 is 23.4 Å². The fraction of sp³-hybridized carbons (Fsp3) is 0.227. The number of hydrogen-bond acceptors (Lipinski definition) is 5. The highest BCUT2D eigenvalue weighted by atomic mass is 19.4. The minimum Gasteiger partial charge on any atom is -0.457 e. The molecular formula is C22H20F3N3O4. The minimum atomic E-state index is -4.75. The van der Waals surface area contributed by atoms with Crippen LogP contribution in [0.2, 0.25) is 0 Å². The second-order valence-electron chi connectivity index (χ2n) is 6.81. The molecule has 0 aliphatic carbocycles. The molecule has 7 nitrogen and oxygen atoms in total. The molecule has 2 heterocycles. The molecule has 0 radical (unpaired) electrons. The lowest BCUT2D eigenvalue weighted by molar-refractivity contribution is -0.153. The van der Waals surface area contributed by atoms with Gasteiger partial charge in [0, 0.05) is 25.9 Å². The monoisotopic (exact) mass is 447 g/mol. The molecule has 0 aliphatic rings. The van der Waals surface area contributed by atoms with E-state index in [-0.39, 0.29) is 23.9 Å². The highest BCUT2D eigenvalue weighted by molar-refractivity contribution is 5.95. The van der Waals surface area contributed by atoms with E-state index in [9.17, 15) is 22.8 Å². The number of nitrogens with zero attached hydrogens (tertiary/aromatic N) is 1. The van der Waals surface area contributed by atoms with Crippen LogP contribution in [0.3, 0.4) is 0 Å². The van der Waals surface area contributed by atoms with Crippen molar-refractivity contribution >= 4 is 11.8 Å². The Hall–Kier alpha value is -3.82. The van der Waals surface area contributed by atoms with Crippen LogP contribution in [0.15, 0.2) is 53.1 Å². The summed E-state index contributed by atoms with van der Waals surface area (Å²) in [6.07, 6.45) is -2.94. The molecule has 2 amide bonds. The van der Waals surface area contributed by atoms with Gasteiger partial charge in [0.2, 0.25) is 5.76 Å². The van der Waals surface area contributed by atoms with Crippen molar-refractivity contribution in [2.24, 2.45) is 0 Å². The Bertz CT molecular complexity index is 1130. The number of rotatable bonds is 7. The van der Waals surface area contributed by atoms with Crippen LogP contribution in [0.25, 0.3) is 0 Å². The van der Waals surface area contributed by atoms with Gasteiger partial charge in [-0.25, -0.2) is 0 Å². The number of aryl methyl sites for hydroxylation is 1. The summed E-state index contributed by atoms with van der Waals surface area (Å²) in [4.78, 5) is 27.9. The molecule has 0 atom stereocenters. The van der Waals surface area contributed by atoms with E-state index >= 15 is 0 Å². The Morgan fingerprint density at radius 3 is 2.56 bits per heavy atom. The van der Waals surface area contributed by atoms with E-state index in [4.69, 9.17) is 4.74 Å². The van der Waals surface area contributed by atoms with Crippen LogP contribution >= 0.6 is 0 Å². The molecule has 0 unspecified atom stereocenters. The molecular weight excluding hydrogens is 427 g/mol. The molecule has 0 saturated carbocycles. The predicted molar refractivity (Wildman–Crippen MR) is 109 cm³/mol. The van der Waals surface area contributed by atoms with Crippen molar-refractivity contribution in [2.45, 2.75) is 19.5 Å². The summed E-state index contributed by atoms with van der Waals surface area (Å²) < 4.78 is 49.4. The lowest BCUT2D eigenvalue weighted by Crippen LogP contribution is -2.27. The Morgan fingerprint density at radius 2 is 1.84 bits per heavy atom. The molecule has 0 saturated heterocycles. The first-order valence-electron chi connectivity index (χ1n) is 9.58. The van der Waals surface area contributed by atoms with Crippen molar-refractivity contribution in [2.75, 3.05) is 13.6 Å².